The van der Waals surface area contributed by atoms with Crippen LogP contribution in [0.4, 0.5) is 0 Å². The Balaban J connectivity index is 1.69. The number of para-hydroxylation sites is 1. The Kier molecular flexibility index (Phi) is 6.33. The molecule has 1 heterocycles. The molecule has 4 N–H and O–H groups in total. The fourth-order valence-electron chi connectivity index (χ4n) is 2.72. The minimum atomic E-state index is -0.637. The van der Waals surface area contributed by atoms with E-state index < -0.39 is 17.7 Å². The molecule has 0 saturated heterocycles. The highest BCUT2D eigenvalue weighted by atomic mass is 16.5. The van der Waals surface area contributed by atoms with Crippen molar-refractivity contribution in [1.82, 2.24) is 15.4 Å². The van der Waals surface area contributed by atoms with Crippen molar-refractivity contribution in [2.24, 2.45) is 5.73 Å². The van der Waals surface area contributed by atoms with E-state index in [-0.39, 0.29) is 23.7 Å². The van der Waals surface area contributed by atoms with E-state index in [1.807, 2.05) is 30.6 Å². The predicted molar refractivity (Wildman–Crippen MR) is 108 cm³/mol. The van der Waals surface area contributed by atoms with Gasteiger partial charge in [-0.1, -0.05) is 12.1 Å². The number of hydrogen-bond acceptors (Lipinski definition) is 5. The predicted octanol–water partition coefficient (Wildman–Crippen LogP) is 1.42. The summed E-state index contributed by atoms with van der Waals surface area (Å²) in [5.41, 5.74) is 11.1. The van der Waals surface area contributed by atoms with Crippen LogP contribution in [-0.2, 0) is 4.79 Å². The fraction of sp³-hybridized carbons (Fsp3) is 0.0952. The summed E-state index contributed by atoms with van der Waals surface area (Å²) in [5, 5.41) is 0. The molecule has 0 radical (unpaired) electrons. The first-order chi connectivity index (χ1) is 14.5. The SMILES string of the molecule is COc1cc(C(=O)NNC(=O)c2ccccc2-n2cccc2)ccc1OCC(N)=O. The summed E-state index contributed by atoms with van der Waals surface area (Å²) in [5.74, 6) is -1.16. The second-order valence-electron chi connectivity index (χ2n) is 6.14. The highest BCUT2D eigenvalue weighted by molar-refractivity contribution is 6.01. The Morgan fingerprint density at radius 3 is 2.33 bits per heavy atom. The van der Waals surface area contributed by atoms with Crippen LogP contribution in [0.1, 0.15) is 20.7 Å². The highest BCUT2D eigenvalue weighted by Crippen LogP contribution is 2.28. The van der Waals surface area contributed by atoms with Crippen LogP contribution < -0.4 is 26.1 Å². The summed E-state index contributed by atoms with van der Waals surface area (Å²) in [6, 6.07) is 15.1. The molecule has 3 rings (SSSR count). The molecule has 0 spiro atoms. The number of primary amides is 1. The first-order valence-electron chi connectivity index (χ1n) is 8.92. The van der Waals surface area contributed by atoms with E-state index in [4.69, 9.17) is 15.2 Å². The third-order valence-electron chi connectivity index (χ3n) is 4.12. The lowest BCUT2D eigenvalue weighted by molar-refractivity contribution is -0.119. The number of hydrogen-bond donors (Lipinski definition) is 3. The minimum Gasteiger partial charge on any atom is -0.493 e. The molecule has 30 heavy (non-hydrogen) atoms. The van der Waals surface area contributed by atoms with Gasteiger partial charge in [0.05, 0.1) is 18.4 Å². The van der Waals surface area contributed by atoms with Gasteiger partial charge in [0.1, 0.15) is 0 Å². The maximum Gasteiger partial charge on any atom is 0.271 e. The number of ether oxygens (including phenoxy) is 2. The Morgan fingerprint density at radius 2 is 1.63 bits per heavy atom. The summed E-state index contributed by atoms with van der Waals surface area (Å²) in [6.45, 7) is -0.321. The molecule has 9 heteroatoms. The zero-order chi connectivity index (χ0) is 21.5. The molecule has 0 unspecified atom stereocenters. The lowest BCUT2D eigenvalue weighted by atomic mass is 10.1. The number of methoxy groups -OCH3 is 1. The van der Waals surface area contributed by atoms with Gasteiger partial charge in [-0.05, 0) is 42.5 Å². The average molecular weight is 408 g/mol. The largest absolute Gasteiger partial charge is 0.493 e. The van der Waals surface area contributed by atoms with Crippen LogP contribution in [0.2, 0.25) is 0 Å². The van der Waals surface area contributed by atoms with Gasteiger partial charge in [-0.15, -0.1) is 0 Å². The van der Waals surface area contributed by atoms with E-state index >= 15 is 0 Å². The number of carbonyl (C=O) groups excluding carboxylic acids is 3. The monoisotopic (exact) mass is 408 g/mol. The van der Waals surface area contributed by atoms with Gasteiger partial charge in [0.15, 0.2) is 18.1 Å². The lowest BCUT2D eigenvalue weighted by Gasteiger charge is -2.13. The summed E-state index contributed by atoms with van der Waals surface area (Å²) in [4.78, 5) is 35.9. The minimum absolute atomic E-state index is 0.220. The maximum atomic E-state index is 12.6. The van der Waals surface area contributed by atoms with E-state index in [1.165, 1.54) is 25.3 Å². The van der Waals surface area contributed by atoms with Crippen molar-refractivity contribution >= 4 is 17.7 Å². The molecule has 0 aliphatic heterocycles. The molecule has 0 aliphatic rings. The van der Waals surface area contributed by atoms with Crippen LogP contribution in [0.5, 0.6) is 11.5 Å². The number of nitrogens with zero attached hydrogens (tertiary/aromatic N) is 1. The van der Waals surface area contributed by atoms with Gasteiger partial charge >= 0.3 is 0 Å². The second kappa shape index (κ2) is 9.28. The third-order valence-corrected chi connectivity index (χ3v) is 4.12. The summed E-state index contributed by atoms with van der Waals surface area (Å²) in [7, 11) is 1.40. The first kappa shape index (κ1) is 20.5. The van der Waals surface area contributed by atoms with E-state index in [0.29, 0.717) is 11.3 Å². The molecule has 3 aromatic rings. The van der Waals surface area contributed by atoms with Crippen molar-refractivity contribution in [3.8, 4) is 17.2 Å². The Bertz CT molecular complexity index is 1060. The summed E-state index contributed by atoms with van der Waals surface area (Å²) >= 11 is 0. The quantitative estimate of drug-likeness (QED) is 0.510. The Labute approximate surface area is 172 Å². The number of benzene rings is 2. The number of nitrogens with one attached hydrogen (secondary N) is 2. The van der Waals surface area contributed by atoms with Crippen LogP contribution in [0.15, 0.2) is 67.0 Å². The molecule has 0 fully saturated rings. The van der Waals surface area contributed by atoms with E-state index in [9.17, 15) is 14.4 Å². The van der Waals surface area contributed by atoms with Crippen molar-refractivity contribution in [3.05, 3.63) is 78.1 Å². The van der Waals surface area contributed by atoms with Crippen molar-refractivity contribution in [2.45, 2.75) is 0 Å². The molecule has 9 nitrogen and oxygen atoms in total. The first-order valence-corrected chi connectivity index (χ1v) is 8.92. The van der Waals surface area contributed by atoms with Gasteiger partial charge in [-0.3, -0.25) is 25.2 Å². The van der Waals surface area contributed by atoms with Gasteiger partial charge in [0, 0.05) is 18.0 Å². The Morgan fingerprint density at radius 1 is 0.933 bits per heavy atom. The number of nitrogens with two attached hydrogens (primary N) is 1. The standard InChI is InChI=1S/C21H20N4O5/c1-29-18-12-14(8-9-17(18)30-13-19(22)26)20(27)23-24-21(28)15-6-2-3-7-16(15)25-10-4-5-11-25/h2-12H,13H2,1H3,(H2,22,26)(H,23,27)(H,24,28). The van der Waals surface area contributed by atoms with E-state index in [2.05, 4.69) is 10.9 Å². The van der Waals surface area contributed by atoms with E-state index in [1.54, 1.807) is 22.8 Å². The summed E-state index contributed by atoms with van der Waals surface area (Å²) in [6.07, 6.45) is 3.64. The summed E-state index contributed by atoms with van der Waals surface area (Å²) < 4.78 is 12.2. The van der Waals surface area contributed by atoms with Crippen LogP contribution in [0, 0.1) is 0 Å². The second-order valence-corrected chi connectivity index (χ2v) is 6.14. The van der Waals surface area contributed by atoms with Crippen LogP contribution >= 0.6 is 0 Å². The van der Waals surface area contributed by atoms with Gasteiger partial charge in [0.2, 0.25) is 0 Å². The molecule has 0 saturated carbocycles. The number of amides is 3. The van der Waals surface area contributed by atoms with Gasteiger partial charge in [0.25, 0.3) is 17.7 Å². The number of rotatable bonds is 7. The average Bonchev–Trinajstić information content (AvgIpc) is 3.30. The normalized spacial score (nSPS) is 10.2. The molecular weight excluding hydrogens is 388 g/mol. The smallest absolute Gasteiger partial charge is 0.271 e. The highest BCUT2D eigenvalue weighted by Gasteiger charge is 2.15. The topological polar surface area (TPSA) is 125 Å². The molecule has 0 bridgehead atoms. The number of hydrazine groups is 1. The van der Waals surface area contributed by atoms with Gasteiger partial charge < -0.3 is 19.8 Å². The van der Waals surface area contributed by atoms with Crippen LogP contribution in [0.25, 0.3) is 5.69 Å². The molecular formula is C21H20N4O5. The zero-order valence-corrected chi connectivity index (χ0v) is 16.1. The van der Waals surface area contributed by atoms with E-state index in [0.717, 1.165) is 0 Å². The molecule has 2 aromatic carbocycles. The fourth-order valence-corrected chi connectivity index (χ4v) is 2.72. The van der Waals surface area contributed by atoms with Crippen molar-refractivity contribution in [3.63, 3.8) is 0 Å². The third kappa shape index (κ3) is 4.76. The van der Waals surface area contributed by atoms with Crippen molar-refractivity contribution in [1.29, 1.82) is 0 Å². The van der Waals surface area contributed by atoms with Gasteiger partial charge in [-0.25, -0.2) is 0 Å². The van der Waals surface area contributed by atoms with Crippen LogP contribution in [0.3, 0.4) is 0 Å². The maximum absolute atomic E-state index is 12.6. The molecule has 154 valence electrons. The van der Waals surface area contributed by atoms with Crippen LogP contribution in [-0.4, -0.2) is 36.0 Å². The Hall–Kier alpha value is -4.27. The molecule has 1 aromatic heterocycles. The lowest BCUT2D eigenvalue weighted by Crippen LogP contribution is -2.42. The van der Waals surface area contributed by atoms with Crippen molar-refractivity contribution in [2.75, 3.05) is 13.7 Å². The molecule has 0 atom stereocenters. The van der Waals surface area contributed by atoms with Crippen molar-refractivity contribution < 1.29 is 23.9 Å². The molecule has 3 amide bonds. The number of aromatic nitrogens is 1. The molecule has 0 aliphatic carbocycles. The van der Waals surface area contributed by atoms with Gasteiger partial charge in [-0.2, -0.15) is 0 Å². The number of carbonyl (C=O) groups is 3. The zero-order valence-electron chi connectivity index (χ0n) is 16.1.